The lowest BCUT2D eigenvalue weighted by Gasteiger charge is -2.27. The van der Waals surface area contributed by atoms with Gasteiger partial charge in [-0.15, -0.1) is 0 Å². The molecule has 0 saturated carbocycles. The number of hydrogen-bond donors (Lipinski definition) is 1. The Labute approximate surface area is 132 Å². The highest BCUT2D eigenvalue weighted by Crippen LogP contribution is 2.29. The maximum absolute atomic E-state index is 12.6. The summed E-state index contributed by atoms with van der Waals surface area (Å²) in [4.78, 5) is 7.99. The van der Waals surface area contributed by atoms with Crippen LogP contribution in [0, 0.1) is 11.3 Å². The highest BCUT2D eigenvalue weighted by atomic mass is 19.4. The third-order valence-corrected chi connectivity index (χ3v) is 3.16. The van der Waals surface area contributed by atoms with Gasteiger partial charge in [-0.1, -0.05) is 12.1 Å². The molecule has 0 amide bonds. The van der Waals surface area contributed by atoms with Crippen molar-refractivity contribution < 1.29 is 13.2 Å². The van der Waals surface area contributed by atoms with Crippen molar-refractivity contribution in [3.63, 3.8) is 0 Å². The molecule has 7 heteroatoms. The van der Waals surface area contributed by atoms with Crippen LogP contribution in [-0.2, 0) is 12.6 Å². The quantitative estimate of drug-likeness (QED) is 0.931. The molecule has 0 saturated heterocycles. The van der Waals surface area contributed by atoms with E-state index in [-0.39, 0.29) is 5.69 Å². The van der Waals surface area contributed by atoms with Crippen LogP contribution in [0.15, 0.2) is 36.7 Å². The minimum Gasteiger partial charge on any atom is -0.364 e. The van der Waals surface area contributed by atoms with E-state index in [1.165, 1.54) is 24.5 Å². The van der Waals surface area contributed by atoms with Gasteiger partial charge in [0.15, 0.2) is 5.69 Å². The lowest BCUT2D eigenvalue weighted by Crippen LogP contribution is -2.33. The molecule has 0 aliphatic carbocycles. The van der Waals surface area contributed by atoms with Gasteiger partial charge in [0.1, 0.15) is 11.9 Å². The second-order valence-electron chi connectivity index (χ2n) is 5.78. The summed E-state index contributed by atoms with van der Waals surface area (Å²) in [5, 5.41) is 11.8. The SMILES string of the molecule is CC(C)(Cc1ccc(C(F)(F)F)cc1)Nc1cnc(C#N)cn1. The molecule has 0 radical (unpaired) electrons. The number of nitrogens with one attached hydrogen (secondary N) is 1. The average molecular weight is 320 g/mol. The fourth-order valence-corrected chi connectivity index (χ4v) is 2.16. The summed E-state index contributed by atoms with van der Waals surface area (Å²) in [6.07, 6.45) is -1.01. The Morgan fingerprint density at radius 3 is 2.22 bits per heavy atom. The van der Waals surface area contributed by atoms with Crippen LogP contribution in [0.4, 0.5) is 19.0 Å². The number of rotatable bonds is 4. The van der Waals surface area contributed by atoms with Crippen molar-refractivity contribution in [1.82, 2.24) is 9.97 Å². The summed E-state index contributed by atoms with van der Waals surface area (Å²) in [6, 6.07) is 6.97. The molecular weight excluding hydrogens is 305 g/mol. The number of aromatic nitrogens is 2. The standard InChI is InChI=1S/C16H15F3N4/c1-15(2,23-14-10-21-13(8-20)9-22-14)7-11-3-5-12(6-4-11)16(17,18)19/h3-6,9-10H,7H2,1-2H3,(H,22,23). The van der Waals surface area contributed by atoms with Crippen molar-refractivity contribution in [2.75, 3.05) is 5.32 Å². The molecule has 0 aliphatic rings. The lowest BCUT2D eigenvalue weighted by molar-refractivity contribution is -0.137. The van der Waals surface area contributed by atoms with Crippen molar-refractivity contribution in [2.45, 2.75) is 32.0 Å². The Balaban J connectivity index is 2.06. The summed E-state index contributed by atoms with van der Waals surface area (Å²) in [6.45, 7) is 3.81. The molecule has 0 aliphatic heterocycles. The molecular formula is C16H15F3N4. The summed E-state index contributed by atoms with van der Waals surface area (Å²) in [5.74, 6) is 0.501. The van der Waals surface area contributed by atoms with E-state index in [2.05, 4.69) is 15.3 Å². The topological polar surface area (TPSA) is 61.6 Å². The van der Waals surface area contributed by atoms with E-state index in [9.17, 15) is 13.2 Å². The molecule has 1 N–H and O–H groups in total. The largest absolute Gasteiger partial charge is 0.416 e. The summed E-state index contributed by atoms with van der Waals surface area (Å²) >= 11 is 0. The Morgan fingerprint density at radius 1 is 1.09 bits per heavy atom. The van der Waals surface area contributed by atoms with E-state index in [1.54, 1.807) is 0 Å². The van der Waals surface area contributed by atoms with Gasteiger partial charge in [-0.3, -0.25) is 0 Å². The first kappa shape index (κ1) is 16.7. The van der Waals surface area contributed by atoms with E-state index >= 15 is 0 Å². The number of nitrogens with zero attached hydrogens (tertiary/aromatic N) is 3. The number of hydrogen-bond acceptors (Lipinski definition) is 4. The number of nitriles is 1. The molecule has 2 rings (SSSR count). The molecule has 0 atom stereocenters. The maximum Gasteiger partial charge on any atom is 0.416 e. The minimum atomic E-state index is -4.33. The molecule has 4 nitrogen and oxygen atoms in total. The molecule has 1 heterocycles. The fraction of sp³-hybridized carbons (Fsp3) is 0.312. The van der Waals surface area contributed by atoms with Crippen LogP contribution in [-0.4, -0.2) is 15.5 Å². The predicted molar refractivity (Wildman–Crippen MR) is 79.6 cm³/mol. The zero-order valence-corrected chi connectivity index (χ0v) is 12.6. The van der Waals surface area contributed by atoms with E-state index in [0.717, 1.165) is 17.7 Å². The molecule has 0 unspecified atom stereocenters. The normalized spacial score (nSPS) is 11.8. The molecule has 1 aromatic heterocycles. The van der Waals surface area contributed by atoms with Crippen LogP contribution in [0.1, 0.15) is 30.7 Å². The van der Waals surface area contributed by atoms with Crippen LogP contribution in [0.3, 0.4) is 0 Å². The Morgan fingerprint density at radius 2 is 1.74 bits per heavy atom. The number of halogens is 3. The number of benzene rings is 1. The third kappa shape index (κ3) is 4.68. The van der Waals surface area contributed by atoms with Crippen LogP contribution in [0.25, 0.3) is 0 Å². The van der Waals surface area contributed by atoms with Gasteiger partial charge < -0.3 is 5.32 Å². The van der Waals surface area contributed by atoms with Crippen LogP contribution >= 0.6 is 0 Å². The Bertz CT molecular complexity index is 698. The summed E-state index contributed by atoms with van der Waals surface area (Å²) < 4.78 is 37.7. The smallest absolute Gasteiger partial charge is 0.364 e. The highest BCUT2D eigenvalue weighted by molar-refractivity contribution is 5.37. The van der Waals surface area contributed by atoms with Crippen molar-refractivity contribution in [2.24, 2.45) is 0 Å². The van der Waals surface area contributed by atoms with Crippen LogP contribution < -0.4 is 5.32 Å². The minimum absolute atomic E-state index is 0.219. The van der Waals surface area contributed by atoms with Gasteiger partial charge in [0.25, 0.3) is 0 Å². The van der Waals surface area contributed by atoms with Gasteiger partial charge in [0.05, 0.1) is 18.0 Å². The van der Waals surface area contributed by atoms with Gasteiger partial charge in [-0.05, 0) is 38.0 Å². The summed E-state index contributed by atoms with van der Waals surface area (Å²) in [7, 11) is 0. The van der Waals surface area contributed by atoms with E-state index in [1.807, 2.05) is 19.9 Å². The first-order chi connectivity index (χ1) is 10.7. The van der Waals surface area contributed by atoms with Crippen molar-refractivity contribution >= 4 is 5.82 Å². The van der Waals surface area contributed by atoms with E-state index in [0.29, 0.717) is 12.2 Å². The first-order valence-electron chi connectivity index (χ1n) is 6.86. The number of anilines is 1. The van der Waals surface area contributed by atoms with E-state index in [4.69, 9.17) is 5.26 Å². The van der Waals surface area contributed by atoms with E-state index < -0.39 is 17.3 Å². The van der Waals surface area contributed by atoms with Gasteiger partial charge in [0, 0.05) is 5.54 Å². The highest BCUT2D eigenvalue weighted by Gasteiger charge is 2.30. The molecule has 1 aromatic carbocycles. The predicted octanol–water partition coefficient (Wildman–Crippen LogP) is 3.80. The molecule has 2 aromatic rings. The van der Waals surface area contributed by atoms with Crippen molar-refractivity contribution in [1.29, 1.82) is 5.26 Å². The average Bonchev–Trinajstić information content (AvgIpc) is 2.46. The maximum atomic E-state index is 12.6. The third-order valence-electron chi connectivity index (χ3n) is 3.16. The second kappa shape index (κ2) is 6.24. The molecule has 23 heavy (non-hydrogen) atoms. The molecule has 0 fully saturated rings. The molecule has 0 bridgehead atoms. The Hall–Kier alpha value is -2.62. The van der Waals surface area contributed by atoms with Crippen molar-refractivity contribution in [3.05, 3.63) is 53.5 Å². The first-order valence-corrected chi connectivity index (χ1v) is 6.86. The van der Waals surface area contributed by atoms with Crippen LogP contribution in [0.2, 0.25) is 0 Å². The van der Waals surface area contributed by atoms with Gasteiger partial charge >= 0.3 is 6.18 Å². The Kier molecular flexibility index (Phi) is 4.55. The van der Waals surface area contributed by atoms with Gasteiger partial charge in [-0.25, -0.2) is 9.97 Å². The number of alkyl halides is 3. The molecule has 120 valence electrons. The molecule has 0 spiro atoms. The second-order valence-corrected chi connectivity index (χ2v) is 5.78. The fourth-order valence-electron chi connectivity index (χ4n) is 2.16. The zero-order chi connectivity index (χ0) is 17.1. The monoisotopic (exact) mass is 320 g/mol. The lowest BCUT2D eigenvalue weighted by atomic mass is 9.94. The zero-order valence-electron chi connectivity index (χ0n) is 12.6. The van der Waals surface area contributed by atoms with Gasteiger partial charge in [0.2, 0.25) is 0 Å². The van der Waals surface area contributed by atoms with Crippen LogP contribution in [0.5, 0.6) is 0 Å². The van der Waals surface area contributed by atoms with Gasteiger partial charge in [-0.2, -0.15) is 18.4 Å². The van der Waals surface area contributed by atoms with Crippen molar-refractivity contribution in [3.8, 4) is 6.07 Å². The summed E-state index contributed by atoms with van der Waals surface area (Å²) in [5.41, 5.74) is -0.110.